The highest BCUT2D eigenvalue weighted by atomic mass is 32.1. The number of nitrogens with one attached hydrogen (secondary N) is 1. The van der Waals surface area contributed by atoms with Gasteiger partial charge in [-0.3, -0.25) is 0 Å². The second-order valence-corrected chi connectivity index (χ2v) is 7.01. The maximum absolute atomic E-state index is 3.68. The third-order valence-electron chi connectivity index (χ3n) is 5.02. The zero-order chi connectivity index (χ0) is 12.4. The predicted molar refractivity (Wildman–Crippen MR) is 79.4 cm³/mol. The molecule has 1 nitrogen and oxygen atoms in total. The van der Waals surface area contributed by atoms with Crippen molar-refractivity contribution in [3.8, 4) is 0 Å². The van der Waals surface area contributed by atoms with Crippen LogP contribution in [0.4, 0.5) is 0 Å². The van der Waals surface area contributed by atoms with Crippen LogP contribution >= 0.6 is 11.3 Å². The molecule has 3 rings (SSSR count). The molecule has 0 aliphatic heterocycles. The summed E-state index contributed by atoms with van der Waals surface area (Å²) in [4.78, 5) is 1.67. The van der Waals surface area contributed by atoms with Crippen molar-refractivity contribution in [1.29, 1.82) is 0 Å². The molecule has 0 bridgehead atoms. The van der Waals surface area contributed by atoms with Crippen molar-refractivity contribution in [3.05, 3.63) is 21.9 Å². The number of thiophene rings is 1. The number of hydrogen-bond acceptors (Lipinski definition) is 2. The van der Waals surface area contributed by atoms with Crippen LogP contribution in [0.1, 0.15) is 61.3 Å². The van der Waals surface area contributed by atoms with Crippen molar-refractivity contribution in [2.75, 3.05) is 7.05 Å². The van der Waals surface area contributed by atoms with Crippen LogP contribution in [0.3, 0.4) is 0 Å². The standard InChI is InChI=1S/C16H25NS/c1-17-16(12-6-3-2-4-7-12)14-8-5-9-15-13(14)10-11-18-15/h10-12,14,16-17H,2-9H2,1H3. The summed E-state index contributed by atoms with van der Waals surface area (Å²) in [5, 5.41) is 5.98. The molecule has 0 amide bonds. The van der Waals surface area contributed by atoms with Gasteiger partial charge in [0.15, 0.2) is 0 Å². The molecule has 1 fully saturated rings. The van der Waals surface area contributed by atoms with Crippen LogP contribution in [0.25, 0.3) is 0 Å². The molecule has 0 radical (unpaired) electrons. The van der Waals surface area contributed by atoms with E-state index in [4.69, 9.17) is 0 Å². The lowest BCUT2D eigenvalue weighted by Crippen LogP contribution is -2.41. The summed E-state index contributed by atoms with van der Waals surface area (Å²) in [7, 11) is 2.18. The number of fused-ring (bicyclic) bond motifs is 1. The molecule has 2 aliphatic carbocycles. The molecule has 1 saturated carbocycles. The average molecular weight is 263 g/mol. The van der Waals surface area contributed by atoms with E-state index >= 15 is 0 Å². The van der Waals surface area contributed by atoms with Gasteiger partial charge in [-0.1, -0.05) is 19.3 Å². The minimum atomic E-state index is 0.721. The van der Waals surface area contributed by atoms with Crippen molar-refractivity contribution < 1.29 is 0 Å². The highest BCUT2D eigenvalue weighted by molar-refractivity contribution is 7.10. The fraction of sp³-hybridized carbons (Fsp3) is 0.750. The Balaban J connectivity index is 1.80. The second-order valence-electron chi connectivity index (χ2n) is 6.01. The average Bonchev–Trinajstić information content (AvgIpc) is 2.90. The van der Waals surface area contributed by atoms with Gasteiger partial charge in [-0.05, 0) is 62.1 Å². The summed E-state index contributed by atoms with van der Waals surface area (Å²) in [6, 6.07) is 3.12. The summed E-state index contributed by atoms with van der Waals surface area (Å²) in [5.74, 6) is 1.70. The molecule has 1 heterocycles. The first-order valence-corrected chi connectivity index (χ1v) is 8.51. The lowest BCUT2D eigenvalue weighted by Gasteiger charge is -2.37. The molecule has 1 aromatic rings. The van der Waals surface area contributed by atoms with E-state index in [1.54, 1.807) is 10.4 Å². The maximum Gasteiger partial charge on any atom is 0.0161 e. The van der Waals surface area contributed by atoms with Gasteiger partial charge in [-0.2, -0.15) is 0 Å². The molecule has 2 unspecified atom stereocenters. The Hall–Kier alpha value is -0.340. The number of hydrogen-bond donors (Lipinski definition) is 1. The van der Waals surface area contributed by atoms with E-state index < -0.39 is 0 Å². The van der Waals surface area contributed by atoms with Gasteiger partial charge in [0.1, 0.15) is 0 Å². The van der Waals surface area contributed by atoms with E-state index in [1.807, 2.05) is 11.3 Å². The molecule has 100 valence electrons. The third-order valence-corrected chi connectivity index (χ3v) is 6.02. The molecule has 18 heavy (non-hydrogen) atoms. The first-order chi connectivity index (χ1) is 8.90. The Bertz CT molecular complexity index is 378. The van der Waals surface area contributed by atoms with E-state index in [2.05, 4.69) is 23.8 Å². The number of likely N-dealkylation sites (N-methyl/N-ethyl adjacent to an activating group) is 1. The highest BCUT2D eigenvalue weighted by Gasteiger charge is 2.33. The molecule has 2 atom stereocenters. The molecule has 1 aromatic heterocycles. The summed E-state index contributed by atoms with van der Waals surface area (Å²) in [6.45, 7) is 0. The molecule has 0 aromatic carbocycles. The maximum atomic E-state index is 3.68. The van der Waals surface area contributed by atoms with Gasteiger partial charge in [0, 0.05) is 16.8 Å². The Kier molecular flexibility index (Phi) is 4.05. The number of rotatable bonds is 3. The van der Waals surface area contributed by atoms with E-state index in [9.17, 15) is 0 Å². The lowest BCUT2D eigenvalue weighted by atomic mass is 9.73. The molecule has 2 heteroatoms. The lowest BCUT2D eigenvalue weighted by molar-refractivity contribution is 0.238. The highest BCUT2D eigenvalue weighted by Crippen LogP contribution is 2.41. The van der Waals surface area contributed by atoms with Gasteiger partial charge in [-0.25, -0.2) is 0 Å². The summed E-state index contributed by atoms with van der Waals surface area (Å²) in [5.41, 5.74) is 1.68. The Morgan fingerprint density at radius 1 is 1.17 bits per heavy atom. The van der Waals surface area contributed by atoms with E-state index in [0.717, 1.165) is 17.9 Å². The SMILES string of the molecule is CNC(C1CCCCC1)C1CCCc2sccc21. The van der Waals surface area contributed by atoms with E-state index in [0.29, 0.717) is 0 Å². The van der Waals surface area contributed by atoms with E-state index in [-0.39, 0.29) is 0 Å². The van der Waals surface area contributed by atoms with Gasteiger partial charge >= 0.3 is 0 Å². The fourth-order valence-corrected chi connectivity index (χ4v) is 5.15. The first kappa shape index (κ1) is 12.7. The van der Waals surface area contributed by atoms with Gasteiger partial charge in [0.05, 0.1) is 0 Å². The van der Waals surface area contributed by atoms with Crippen LogP contribution < -0.4 is 5.32 Å². The zero-order valence-corrected chi connectivity index (χ0v) is 12.3. The normalized spacial score (nSPS) is 26.8. The van der Waals surface area contributed by atoms with Crippen molar-refractivity contribution in [2.45, 2.75) is 63.3 Å². The Morgan fingerprint density at radius 3 is 2.78 bits per heavy atom. The second kappa shape index (κ2) is 5.75. The number of aryl methyl sites for hydroxylation is 1. The molecule has 0 saturated heterocycles. The van der Waals surface area contributed by atoms with Crippen molar-refractivity contribution >= 4 is 11.3 Å². The summed E-state index contributed by atoms with van der Waals surface area (Å²) >= 11 is 1.98. The van der Waals surface area contributed by atoms with Crippen molar-refractivity contribution in [1.82, 2.24) is 5.32 Å². The smallest absolute Gasteiger partial charge is 0.0161 e. The Labute approximate surface area is 115 Å². The topological polar surface area (TPSA) is 12.0 Å². The van der Waals surface area contributed by atoms with E-state index in [1.165, 1.54) is 51.4 Å². The van der Waals surface area contributed by atoms with Gasteiger partial charge in [-0.15, -0.1) is 11.3 Å². The van der Waals surface area contributed by atoms with Crippen LogP contribution in [0.5, 0.6) is 0 Å². The predicted octanol–water partition coefficient (Wildman–Crippen LogP) is 4.34. The van der Waals surface area contributed by atoms with Crippen molar-refractivity contribution in [3.63, 3.8) is 0 Å². The molecule has 2 aliphatic rings. The quantitative estimate of drug-likeness (QED) is 0.855. The third kappa shape index (κ3) is 2.37. The largest absolute Gasteiger partial charge is 0.316 e. The molecular weight excluding hydrogens is 238 g/mol. The minimum absolute atomic E-state index is 0.721. The molecular formula is C16H25NS. The van der Waals surface area contributed by atoms with Crippen LogP contribution in [0, 0.1) is 5.92 Å². The van der Waals surface area contributed by atoms with Crippen LogP contribution in [0.15, 0.2) is 11.4 Å². The monoisotopic (exact) mass is 263 g/mol. The van der Waals surface area contributed by atoms with Crippen LogP contribution in [-0.4, -0.2) is 13.1 Å². The fourth-order valence-electron chi connectivity index (χ4n) is 4.15. The molecule has 1 N–H and O–H groups in total. The van der Waals surface area contributed by atoms with Crippen molar-refractivity contribution in [2.24, 2.45) is 5.92 Å². The summed E-state index contributed by atoms with van der Waals surface area (Å²) < 4.78 is 0. The minimum Gasteiger partial charge on any atom is -0.316 e. The first-order valence-electron chi connectivity index (χ1n) is 7.63. The Morgan fingerprint density at radius 2 is 2.00 bits per heavy atom. The van der Waals surface area contributed by atoms with Crippen LogP contribution in [-0.2, 0) is 6.42 Å². The van der Waals surface area contributed by atoms with Gasteiger partial charge in [0.2, 0.25) is 0 Å². The van der Waals surface area contributed by atoms with Gasteiger partial charge in [0.25, 0.3) is 0 Å². The van der Waals surface area contributed by atoms with Crippen LogP contribution in [0.2, 0.25) is 0 Å². The zero-order valence-electron chi connectivity index (χ0n) is 11.5. The molecule has 0 spiro atoms. The summed E-state index contributed by atoms with van der Waals surface area (Å²) in [6.07, 6.45) is 11.4. The van der Waals surface area contributed by atoms with Gasteiger partial charge < -0.3 is 5.32 Å².